The minimum atomic E-state index is 0.341. The molecule has 1 aliphatic rings. The van der Waals surface area contributed by atoms with Gasteiger partial charge in [0, 0.05) is 17.5 Å². The smallest absolute Gasteiger partial charge is 0.230 e. The van der Waals surface area contributed by atoms with E-state index in [4.69, 9.17) is 10.3 Å². The van der Waals surface area contributed by atoms with E-state index in [1.54, 1.807) is 0 Å². The molecule has 0 amide bonds. The molecule has 0 unspecified atom stereocenters. The second kappa shape index (κ2) is 5.37. The van der Waals surface area contributed by atoms with Crippen LogP contribution in [0.2, 0.25) is 0 Å². The highest BCUT2D eigenvalue weighted by Gasteiger charge is 2.25. The zero-order valence-electron chi connectivity index (χ0n) is 12.1. The molecule has 4 heteroatoms. The fourth-order valence-corrected chi connectivity index (χ4v) is 2.99. The van der Waals surface area contributed by atoms with Gasteiger partial charge in [-0.05, 0) is 51.7 Å². The molecular weight excluding hydrogens is 250 g/mol. The molecule has 3 rings (SSSR count). The summed E-state index contributed by atoms with van der Waals surface area (Å²) in [4.78, 5) is 4.59. The summed E-state index contributed by atoms with van der Waals surface area (Å²) in [6, 6.07) is 6.68. The molecule has 106 valence electrons. The van der Waals surface area contributed by atoms with Gasteiger partial charge in [0.2, 0.25) is 11.7 Å². The molecule has 1 aliphatic carbocycles. The maximum Gasteiger partial charge on any atom is 0.230 e. The van der Waals surface area contributed by atoms with Crippen LogP contribution in [-0.2, 0) is 0 Å². The van der Waals surface area contributed by atoms with Crippen molar-refractivity contribution in [2.24, 2.45) is 5.73 Å². The van der Waals surface area contributed by atoms with Gasteiger partial charge in [0.1, 0.15) is 0 Å². The van der Waals surface area contributed by atoms with Crippen LogP contribution in [0.4, 0.5) is 0 Å². The Hall–Kier alpha value is -1.68. The SMILES string of the molecule is Cc1cc(C)cc(-c2noc(C3CCC(N)CC3)n2)c1. The lowest BCUT2D eigenvalue weighted by Gasteiger charge is -2.22. The minimum Gasteiger partial charge on any atom is -0.339 e. The molecule has 20 heavy (non-hydrogen) atoms. The number of nitrogens with two attached hydrogens (primary N) is 1. The summed E-state index contributed by atoms with van der Waals surface area (Å²) in [6.45, 7) is 4.17. The normalized spacial score (nSPS) is 22.9. The maximum atomic E-state index is 5.94. The van der Waals surface area contributed by atoms with Crippen LogP contribution in [0.3, 0.4) is 0 Å². The molecule has 1 fully saturated rings. The van der Waals surface area contributed by atoms with Crippen LogP contribution in [0, 0.1) is 13.8 Å². The van der Waals surface area contributed by atoms with E-state index in [-0.39, 0.29) is 0 Å². The molecule has 1 saturated carbocycles. The highest BCUT2D eigenvalue weighted by atomic mass is 16.5. The maximum absolute atomic E-state index is 5.94. The van der Waals surface area contributed by atoms with Crippen molar-refractivity contribution in [1.29, 1.82) is 0 Å². The third-order valence-corrected chi connectivity index (χ3v) is 4.04. The fourth-order valence-electron chi connectivity index (χ4n) is 2.99. The minimum absolute atomic E-state index is 0.341. The Morgan fingerprint density at radius 3 is 2.35 bits per heavy atom. The van der Waals surface area contributed by atoms with Crippen molar-refractivity contribution in [3.05, 3.63) is 35.2 Å². The van der Waals surface area contributed by atoms with Crippen LogP contribution in [0.1, 0.15) is 48.6 Å². The number of aromatic nitrogens is 2. The van der Waals surface area contributed by atoms with Gasteiger partial charge in [0.05, 0.1) is 0 Å². The van der Waals surface area contributed by atoms with Crippen LogP contribution in [0.25, 0.3) is 11.4 Å². The Labute approximate surface area is 119 Å². The largest absolute Gasteiger partial charge is 0.339 e. The van der Waals surface area contributed by atoms with Gasteiger partial charge in [-0.1, -0.05) is 22.3 Å². The summed E-state index contributed by atoms with van der Waals surface area (Å²) >= 11 is 0. The third kappa shape index (κ3) is 2.75. The lowest BCUT2D eigenvalue weighted by atomic mass is 9.86. The molecule has 4 nitrogen and oxygen atoms in total. The molecule has 0 aliphatic heterocycles. The summed E-state index contributed by atoms with van der Waals surface area (Å²) < 4.78 is 5.47. The highest BCUT2D eigenvalue weighted by molar-refractivity contribution is 5.57. The van der Waals surface area contributed by atoms with Crippen LogP contribution in [0.15, 0.2) is 22.7 Å². The second-order valence-corrected chi connectivity index (χ2v) is 5.94. The van der Waals surface area contributed by atoms with E-state index < -0.39 is 0 Å². The molecule has 1 aromatic heterocycles. The van der Waals surface area contributed by atoms with E-state index >= 15 is 0 Å². The second-order valence-electron chi connectivity index (χ2n) is 5.94. The van der Waals surface area contributed by atoms with E-state index in [2.05, 4.69) is 42.2 Å². The lowest BCUT2D eigenvalue weighted by molar-refractivity contribution is 0.301. The van der Waals surface area contributed by atoms with E-state index in [1.165, 1.54) is 11.1 Å². The van der Waals surface area contributed by atoms with Gasteiger partial charge in [-0.15, -0.1) is 0 Å². The summed E-state index contributed by atoms with van der Waals surface area (Å²) in [7, 11) is 0. The van der Waals surface area contributed by atoms with Gasteiger partial charge in [-0.25, -0.2) is 0 Å². The van der Waals surface area contributed by atoms with E-state index in [1.807, 2.05) is 0 Å². The number of aryl methyl sites for hydroxylation is 2. The Bertz CT molecular complexity index is 577. The third-order valence-electron chi connectivity index (χ3n) is 4.04. The van der Waals surface area contributed by atoms with Gasteiger partial charge in [0.25, 0.3) is 0 Å². The zero-order valence-corrected chi connectivity index (χ0v) is 12.1. The van der Waals surface area contributed by atoms with Crippen LogP contribution >= 0.6 is 0 Å². The van der Waals surface area contributed by atoms with Crippen molar-refractivity contribution in [2.45, 2.75) is 51.5 Å². The monoisotopic (exact) mass is 271 g/mol. The van der Waals surface area contributed by atoms with E-state index in [0.29, 0.717) is 17.8 Å². The molecule has 1 aromatic carbocycles. The average Bonchev–Trinajstić information content (AvgIpc) is 2.88. The first kappa shape index (κ1) is 13.3. The predicted molar refractivity (Wildman–Crippen MR) is 78.4 cm³/mol. The Kier molecular flexibility index (Phi) is 3.57. The molecule has 0 saturated heterocycles. The van der Waals surface area contributed by atoms with Gasteiger partial charge < -0.3 is 10.3 Å². The quantitative estimate of drug-likeness (QED) is 0.909. The van der Waals surface area contributed by atoms with E-state index in [9.17, 15) is 0 Å². The molecule has 0 radical (unpaired) electrons. The molecule has 0 atom stereocenters. The Morgan fingerprint density at radius 2 is 1.70 bits per heavy atom. The fraction of sp³-hybridized carbons (Fsp3) is 0.500. The molecule has 0 spiro atoms. The first-order valence-corrected chi connectivity index (χ1v) is 7.29. The molecule has 0 bridgehead atoms. The van der Waals surface area contributed by atoms with Gasteiger partial charge in [-0.2, -0.15) is 4.98 Å². The molecule has 2 aromatic rings. The lowest BCUT2D eigenvalue weighted by Crippen LogP contribution is -2.25. The number of hydrogen-bond donors (Lipinski definition) is 1. The van der Waals surface area contributed by atoms with Crippen molar-refractivity contribution in [3.8, 4) is 11.4 Å². The molecular formula is C16H21N3O. The highest BCUT2D eigenvalue weighted by Crippen LogP contribution is 2.32. The number of benzene rings is 1. The van der Waals surface area contributed by atoms with E-state index in [0.717, 1.165) is 37.1 Å². The van der Waals surface area contributed by atoms with Crippen molar-refractivity contribution in [1.82, 2.24) is 10.1 Å². The summed E-state index contributed by atoms with van der Waals surface area (Å²) in [5, 5.41) is 4.15. The van der Waals surface area contributed by atoms with Gasteiger partial charge in [-0.3, -0.25) is 0 Å². The first-order valence-electron chi connectivity index (χ1n) is 7.29. The van der Waals surface area contributed by atoms with Crippen molar-refractivity contribution in [2.75, 3.05) is 0 Å². The zero-order chi connectivity index (χ0) is 14.1. The van der Waals surface area contributed by atoms with Crippen molar-refractivity contribution >= 4 is 0 Å². The van der Waals surface area contributed by atoms with Gasteiger partial charge >= 0.3 is 0 Å². The summed E-state index contributed by atoms with van der Waals surface area (Å²) in [5.74, 6) is 1.84. The van der Waals surface area contributed by atoms with Crippen LogP contribution in [0.5, 0.6) is 0 Å². The number of rotatable bonds is 2. The average molecular weight is 271 g/mol. The van der Waals surface area contributed by atoms with Gasteiger partial charge in [0.15, 0.2) is 0 Å². The first-order chi connectivity index (χ1) is 9.61. The molecule has 1 heterocycles. The predicted octanol–water partition coefficient (Wildman–Crippen LogP) is 3.34. The number of nitrogens with zero attached hydrogens (tertiary/aromatic N) is 2. The molecule has 2 N–H and O–H groups in total. The van der Waals surface area contributed by atoms with Crippen LogP contribution in [-0.4, -0.2) is 16.2 Å². The van der Waals surface area contributed by atoms with Crippen molar-refractivity contribution < 1.29 is 4.52 Å². The Balaban J connectivity index is 1.83. The van der Waals surface area contributed by atoms with Crippen molar-refractivity contribution in [3.63, 3.8) is 0 Å². The van der Waals surface area contributed by atoms with Crippen LogP contribution < -0.4 is 5.73 Å². The standard InChI is InChI=1S/C16H21N3O/c1-10-7-11(2)9-13(8-10)15-18-16(20-19-15)12-3-5-14(17)6-4-12/h7-9,12,14H,3-6,17H2,1-2H3. The Morgan fingerprint density at radius 1 is 1.05 bits per heavy atom. The summed E-state index contributed by atoms with van der Waals surface area (Å²) in [6.07, 6.45) is 4.20. The topological polar surface area (TPSA) is 64.9 Å². The summed E-state index contributed by atoms with van der Waals surface area (Å²) in [5.41, 5.74) is 9.41. The number of hydrogen-bond acceptors (Lipinski definition) is 4.